The maximum Gasteiger partial charge on any atom is 0.126 e. The first-order valence-electron chi connectivity index (χ1n) is 5.11. The van der Waals surface area contributed by atoms with Crippen LogP contribution in [0.25, 0.3) is 0 Å². The van der Waals surface area contributed by atoms with Gasteiger partial charge in [0.25, 0.3) is 0 Å². The van der Waals surface area contributed by atoms with Crippen LogP contribution in [-0.2, 0) is 0 Å². The van der Waals surface area contributed by atoms with Crippen molar-refractivity contribution in [2.45, 2.75) is 6.42 Å². The largest absolute Gasteiger partial charge is 0.489 e. The smallest absolute Gasteiger partial charge is 0.126 e. The fourth-order valence-corrected chi connectivity index (χ4v) is 1.54. The molecule has 0 spiro atoms. The van der Waals surface area contributed by atoms with Crippen molar-refractivity contribution in [2.75, 3.05) is 19.7 Å². The Morgan fingerprint density at radius 3 is 3.07 bits per heavy atom. The topological polar surface area (TPSA) is 21.3 Å². The van der Waals surface area contributed by atoms with E-state index in [4.69, 9.17) is 4.74 Å². The van der Waals surface area contributed by atoms with Crippen molar-refractivity contribution >= 4 is 0 Å². The summed E-state index contributed by atoms with van der Waals surface area (Å²) in [4.78, 5) is 0. The number of ether oxygens (including phenoxy) is 1. The van der Waals surface area contributed by atoms with Gasteiger partial charge < -0.3 is 10.1 Å². The Balaban J connectivity index is 1.90. The molecule has 1 heterocycles. The fraction of sp³-hybridized carbons (Fsp3) is 0.333. The zero-order valence-corrected chi connectivity index (χ0v) is 8.50. The number of benzene rings is 1. The van der Waals surface area contributed by atoms with Crippen LogP contribution >= 0.6 is 0 Å². The number of rotatable bonds is 3. The molecule has 1 aromatic rings. The van der Waals surface area contributed by atoms with Crippen LogP contribution in [0, 0.1) is 5.82 Å². The second-order valence-electron chi connectivity index (χ2n) is 3.57. The van der Waals surface area contributed by atoms with Gasteiger partial charge in [-0.05, 0) is 30.7 Å². The molecule has 1 aliphatic rings. The summed E-state index contributed by atoms with van der Waals surface area (Å²) in [6.45, 7) is 2.44. The number of hydrogen-bond donors (Lipinski definition) is 1. The highest BCUT2D eigenvalue weighted by molar-refractivity contribution is 5.23. The summed E-state index contributed by atoms with van der Waals surface area (Å²) >= 11 is 0. The first-order valence-corrected chi connectivity index (χ1v) is 5.11. The van der Waals surface area contributed by atoms with Crippen molar-refractivity contribution in [2.24, 2.45) is 0 Å². The molecular formula is C12H14FNO. The molecule has 1 aromatic carbocycles. The van der Waals surface area contributed by atoms with Crippen LogP contribution in [0.3, 0.4) is 0 Å². The van der Waals surface area contributed by atoms with E-state index in [-0.39, 0.29) is 5.82 Å². The Kier molecular flexibility index (Phi) is 3.35. The van der Waals surface area contributed by atoms with Gasteiger partial charge in [-0.25, -0.2) is 4.39 Å². The molecule has 0 saturated heterocycles. The maximum atomic E-state index is 12.8. The van der Waals surface area contributed by atoms with E-state index in [9.17, 15) is 4.39 Å². The van der Waals surface area contributed by atoms with Crippen molar-refractivity contribution < 1.29 is 9.13 Å². The van der Waals surface area contributed by atoms with E-state index in [1.165, 1.54) is 17.7 Å². The molecule has 2 nitrogen and oxygen atoms in total. The lowest BCUT2D eigenvalue weighted by Crippen LogP contribution is -2.24. The summed E-state index contributed by atoms with van der Waals surface area (Å²) < 4.78 is 18.3. The van der Waals surface area contributed by atoms with E-state index < -0.39 is 0 Å². The van der Waals surface area contributed by atoms with Gasteiger partial charge in [0.15, 0.2) is 0 Å². The van der Waals surface area contributed by atoms with E-state index in [1.807, 2.05) is 0 Å². The Bertz CT molecular complexity index is 362. The van der Waals surface area contributed by atoms with Crippen LogP contribution in [0.5, 0.6) is 5.75 Å². The molecule has 0 aliphatic carbocycles. The van der Waals surface area contributed by atoms with Gasteiger partial charge >= 0.3 is 0 Å². The third kappa shape index (κ3) is 3.06. The quantitative estimate of drug-likeness (QED) is 0.766. The average Bonchev–Trinajstić information content (AvgIpc) is 2.28. The highest BCUT2D eigenvalue weighted by Crippen LogP contribution is 2.13. The molecule has 0 amide bonds. The summed E-state index contributed by atoms with van der Waals surface area (Å²) in [5.74, 6) is 0.324. The van der Waals surface area contributed by atoms with Crippen LogP contribution in [0.4, 0.5) is 4.39 Å². The summed E-state index contributed by atoms with van der Waals surface area (Å²) in [5, 5.41) is 3.26. The molecule has 1 aliphatic heterocycles. The minimum absolute atomic E-state index is 0.261. The molecule has 1 N–H and O–H groups in total. The van der Waals surface area contributed by atoms with Crippen LogP contribution in [0.2, 0.25) is 0 Å². The number of halogens is 1. The van der Waals surface area contributed by atoms with Crippen LogP contribution in [0.1, 0.15) is 6.42 Å². The van der Waals surface area contributed by atoms with Crippen LogP contribution in [0.15, 0.2) is 35.9 Å². The van der Waals surface area contributed by atoms with E-state index in [2.05, 4.69) is 11.4 Å². The third-order valence-electron chi connectivity index (χ3n) is 2.33. The second kappa shape index (κ2) is 4.94. The minimum atomic E-state index is -0.261. The summed E-state index contributed by atoms with van der Waals surface area (Å²) in [6, 6.07) is 6.23. The fourth-order valence-electron chi connectivity index (χ4n) is 1.54. The van der Waals surface area contributed by atoms with Gasteiger partial charge in [-0.15, -0.1) is 0 Å². The maximum absolute atomic E-state index is 12.8. The van der Waals surface area contributed by atoms with Gasteiger partial charge in [0.2, 0.25) is 0 Å². The predicted molar refractivity (Wildman–Crippen MR) is 57.5 cm³/mol. The Hall–Kier alpha value is -1.35. The highest BCUT2D eigenvalue weighted by atomic mass is 19.1. The Morgan fingerprint density at radius 2 is 2.33 bits per heavy atom. The van der Waals surface area contributed by atoms with Gasteiger partial charge in [-0.2, -0.15) is 0 Å². The standard InChI is InChI=1S/C12H14FNO/c13-11-4-1-5-12(7-11)15-9-10-3-2-6-14-8-10/h1,3-5,7,14H,2,6,8-9H2. The third-order valence-corrected chi connectivity index (χ3v) is 2.33. The second-order valence-corrected chi connectivity index (χ2v) is 3.57. The van der Waals surface area contributed by atoms with Gasteiger partial charge in [0.1, 0.15) is 18.2 Å². The first kappa shape index (κ1) is 10.2. The molecule has 0 bridgehead atoms. The zero-order valence-electron chi connectivity index (χ0n) is 8.50. The van der Waals surface area contributed by atoms with Gasteiger partial charge in [0, 0.05) is 12.6 Å². The summed E-state index contributed by atoms with van der Waals surface area (Å²) in [5.41, 5.74) is 1.23. The van der Waals surface area contributed by atoms with Crippen molar-refractivity contribution in [3.63, 3.8) is 0 Å². The summed E-state index contributed by atoms with van der Waals surface area (Å²) in [6.07, 6.45) is 3.22. The van der Waals surface area contributed by atoms with E-state index >= 15 is 0 Å². The lowest BCUT2D eigenvalue weighted by atomic mass is 10.2. The average molecular weight is 207 g/mol. The van der Waals surface area contributed by atoms with Crippen molar-refractivity contribution in [1.29, 1.82) is 0 Å². The molecule has 2 rings (SSSR count). The Morgan fingerprint density at radius 1 is 1.40 bits per heavy atom. The summed E-state index contributed by atoms with van der Waals surface area (Å²) in [7, 11) is 0. The molecule has 3 heteroatoms. The molecule has 0 saturated carbocycles. The predicted octanol–water partition coefficient (Wildman–Crippen LogP) is 2.12. The molecule has 0 fully saturated rings. The van der Waals surface area contributed by atoms with E-state index in [0.717, 1.165) is 19.5 Å². The number of hydrogen-bond acceptors (Lipinski definition) is 2. The van der Waals surface area contributed by atoms with E-state index in [1.54, 1.807) is 12.1 Å². The van der Waals surface area contributed by atoms with Crippen LogP contribution < -0.4 is 10.1 Å². The highest BCUT2D eigenvalue weighted by Gasteiger charge is 2.03. The molecule has 80 valence electrons. The van der Waals surface area contributed by atoms with Crippen molar-refractivity contribution in [3.05, 3.63) is 41.7 Å². The molecule has 0 unspecified atom stereocenters. The van der Waals surface area contributed by atoms with Crippen LogP contribution in [-0.4, -0.2) is 19.7 Å². The molecule has 15 heavy (non-hydrogen) atoms. The SMILES string of the molecule is Fc1cccc(OCC2=CCCNC2)c1. The lowest BCUT2D eigenvalue weighted by Gasteiger charge is -2.14. The molecule has 0 aromatic heterocycles. The first-order chi connectivity index (χ1) is 7.34. The van der Waals surface area contributed by atoms with Gasteiger partial charge in [-0.1, -0.05) is 12.1 Å². The molecule has 0 radical (unpaired) electrons. The monoisotopic (exact) mass is 207 g/mol. The van der Waals surface area contributed by atoms with Gasteiger partial charge in [0.05, 0.1) is 0 Å². The van der Waals surface area contributed by atoms with Crippen molar-refractivity contribution in [1.82, 2.24) is 5.32 Å². The normalized spacial score (nSPS) is 15.9. The molecule has 0 atom stereocenters. The zero-order chi connectivity index (χ0) is 10.5. The van der Waals surface area contributed by atoms with Gasteiger partial charge in [-0.3, -0.25) is 0 Å². The minimum Gasteiger partial charge on any atom is -0.489 e. The molecular weight excluding hydrogens is 193 g/mol. The Labute approximate surface area is 88.8 Å². The number of nitrogens with one attached hydrogen (secondary N) is 1. The lowest BCUT2D eigenvalue weighted by molar-refractivity contribution is 0.343. The van der Waals surface area contributed by atoms with E-state index in [0.29, 0.717) is 12.4 Å². The van der Waals surface area contributed by atoms with Crippen molar-refractivity contribution in [3.8, 4) is 5.75 Å².